The van der Waals surface area contributed by atoms with E-state index in [4.69, 9.17) is 13.9 Å². The van der Waals surface area contributed by atoms with Crippen LogP contribution in [-0.4, -0.2) is 13.7 Å². The fourth-order valence-electron chi connectivity index (χ4n) is 2.46. The highest BCUT2D eigenvalue weighted by atomic mass is 16.5. The van der Waals surface area contributed by atoms with Crippen molar-refractivity contribution in [3.63, 3.8) is 0 Å². The molecular formula is C21H20O4. The van der Waals surface area contributed by atoms with E-state index in [1.165, 1.54) is 5.57 Å². The van der Waals surface area contributed by atoms with Crippen molar-refractivity contribution in [2.45, 2.75) is 13.8 Å². The predicted octanol–water partition coefficient (Wildman–Crippen LogP) is 4.81. The van der Waals surface area contributed by atoms with Crippen LogP contribution >= 0.6 is 0 Å². The molecule has 0 amide bonds. The molecule has 0 unspecified atom stereocenters. The number of hydrogen-bond acceptors (Lipinski definition) is 4. The summed E-state index contributed by atoms with van der Waals surface area (Å²) < 4.78 is 16.3. The minimum absolute atomic E-state index is 0.376. The van der Waals surface area contributed by atoms with E-state index < -0.39 is 0 Å². The summed E-state index contributed by atoms with van der Waals surface area (Å²) in [5, 5.41) is 0.847. The molecule has 0 fully saturated rings. The number of fused-ring (bicyclic) bond motifs is 1. The number of ether oxygens (including phenoxy) is 2. The maximum atomic E-state index is 12.4. The lowest BCUT2D eigenvalue weighted by atomic mass is 10.1. The zero-order valence-electron chi connectivity index (χ0n) is 14.5. The second kappa shape index (κ2) is 7.26. The van der Waals surface area contributed by atoms with Gasteiger partial charge in [0.1, 0.15) is 23.7 Å². The summed E-state index contributed by atoms with van der Waals surface area (Å²) in [5.74, 6) is 1.41. The molecule has 0 atom stereocenters. The Bertz CT molecular complexity index is 961. The Balaban J connectivity index is 1.93. The molecule has 4 nitrogen and oxygen atoms in total. The van der Waals surface area contributed by atoms with Gasteiger partial charge in [-0.2, -0.15) is 0 Å². The molecule has 0 bridgehead atoms. The van der Waals surface area contributed by atoms with Crippen LogP contribution in [0.3, 0.4) is 0 Å². The van der Waals surface area contributed by atoms with Gasteiger partial charge in [-0.25, -0.2) is 4.79 Å². The van der Waals surface area contributed by atoms with E-state index in [0.29, 0.717) is 23.5 Å². The van der Waals surface area contributed by atoms with Gasteiger partial charge in [-0.1, -0.05) is 17.7 Å². The molecule has 3 rings (SSSR count). The number of rotatable bonds is 5. The van der Waals surface area contributed by atoms with Gasteiger partial charge in [-0.05, 0) is 55.8 Å². The first kappa shape index (κ1) is 16.8. The first-order chi connectivity index (χ1) is 12.1. The smallest absolute Gasteiger partial charge is 0.344 e. The molecular weight excluding hydrogens is 316 g/mol. The van der Waals surface area contributed by atoms with Crippen LogP contribution in [-0.2, 0) is 0 Å². The molecule has 0 saturated carbocycles. The van der Waals surface area contributed by atoms with Crippen LogP contribution in [0.4, 0.5) is 0 Å². The Morgan fingerprint density at radius 1 is 1.04 bits per heavy atom. The molecule has 1 aromatic heterocycles. The maximum absolute atomic E-state index is 12.4. The van der Waals surface area contributed by atoms with Crippen molar-refractivity contribution >= 4 is 11.0 Å². The summed E-state index contributed by atoms with van der Waals surface area (Å²) in [7, 11) is 1.61. The standard InChI is InChI=1S/C21H20O4/c1-14(2)10-11-24-18-9-6-16-12-19(21(22)25-20(16)13-18)15-4-7-17(23-3)8-5-15/h4-10,12-13H,11H2,1-3H3. The van der Waals surface area contributed by atoms with Gasteiger partial charge in [0, 0.05) is 11.5 Å². The Kier molecular flexibility index (Phi) is 4.89. The van der Waals surface area contributed by atoms with Crippen molar-refractivity contribution in [2.75, 3.05) is 13.7 Å². The first-order valence-corrected chi connectivity index (χ1v) is 8.05. The Labute approximate surface area is 146 Å². The molecule has 0 aliphatic heterocycles. The third kappa shape index (κ3) is 3.91. The van der Waals surface area contributed by atoms with Crippen LogP contribution < -0.4 is 15.1 Å². The Morgan fingerprint density at radius 2 is 1.76 bits per heavy atom. The lowest BCUT2D eigenvalue weighted by Gasteiger charge is -2.07. The summed E-state index contributed by atoms with van der Waals surface area (Å²) in [6, 6.07) is 14.7. The largest absolute Gasteiger partial charge is 0.497 e. The van der Waals surface area contributed by atoms with Crippen molar-refractivity contribution in [3.8, 4) is 22.6 Å². The van der Waals surface area contributed by atoms with Crippen molar-refractivity contribution in [1.82, 2.24) is 0 Å². The van der Waals surface area contributed by atoms with E-state index >= 15 is 0 Å². The zero-order valence-corrected chi connectivity index (χ0v) is 14.5. The number of benzene rings is 2. The van der Waals surface area contributed by atoms with Crippen molar-refractivity contribution < 1.29 is 13.9 Å². The quantitative estimate of drug-likeness (QED) is 0.495. The fraction of sp³-hybridized carbons (Fsp3) is 0.190. The van der Waals surface area contributed by atoms with E-state index in [-0.39, 0.29) is 5.63 Å². The van der Waals surface area contributed by atoms with Crippen LogP contribution in [0.15, 0.2) is 69.4 Å². The minimum Gasteiger partial charge on any atom is -0.497 e. The highest BCUT2D eigenvalue weighted by Crippen LogP contribution is 2.25. The van der Waals surface area contributed by atoms with Gasteiger partial charge in [-0.15, -0.1) is 0 Å². The fourth-order valence-corrected chi connectivity index (χ4v) is 2.46. The summed E-state index contributed by atoms with van der Waals surface area (Å²) in [6.07, 6.45) is 1.99. The Hall–Kier alpha value is -3.01. The normalized spacial score (nSPS) is 10.5. The number of allylic oxidation sites excluding steroid dienone is 1. The number of methoxy groups -OCH3 is 1. The molecule has 1 heterocycles. The molecule has 0 spiro atoms. The van der Waals surface area contributed by atoms with Crippen molar-refractivity contribution in [1.29, 1.82) is 0 Å². The zero-order chi connectivity index (χ0) is 17.8. The Morgan fingerprint density at radius 3 is 2.44 bits per heavy atom. The third-order valence-electron chi connectivity index (χ3n) is 3.85. The van der Waals surface area contributed by atoms with Gasteiger partial charge < -0.3 is 13.9 Å². The lowest BCUT2D eigenvalue weighted by molar-refractivity contribution is 0.361. The average Bonchev–Trinajstić information content (AvgIpc) is 2.61. The van der Waals surface area contributed by atoms with Gasteiger partial charge in [0.15, 0.2) is 0 Å². The van der Waals surface area contributed by atoms with Crippen LogP contribution in [0.5, 0.6) is 11.5 Å². The van der Waals surface area contributed by atoms with E-state index in [1.54, 1.807) is 13.2 Å². The van der Waals surface area contributed by atoms with Crippen molar-refractivity contribution in [2.24, 2.45) is 0 Å². The SMILES string of the molecule is COc1ccc(-c2cc3ccc(OCC=C(C)C)cc3oc2=O)cc1. The average molecular weight is 336 g/mol. The van der Waals surface area contributed by atoms with Crippen molar-refractivity contribution in [3.05, 3.63) is 70.6 Å². The highest BCUT2D eigenvalue weighted by Gasteiger charge is 2.09. The van der Waals surface area contributed by atoms with Gasteiger partial charge in [-0.3, -0.25) is 0 Å². The van der Waals surface area contributed by atoms with Crippen LogP contribution in [0, 0.1) is 0 Å². The monoisotopic (exact) mass is 336 g/mol. The van der Waals surface area contributed by atoms with E-state index in [0.717, 1.165) is 16.7 Å². The minimum atomic E-state index is -0.376. The topological polar surface area (TPSA) is 48.7 Å². The van der Waals surface area contributed by atoms with Crippen LogP contribution in [0.1, 0.15) is 13.8 Å². The molecule has 128 valence electrons. The molecule has 0 aliphatic carbocycles. The maximum Gasteiger partial charge on any atom is 0.344 e. The van der Waals surface area contributed by atoms with Gasteiger partial charge in [0.2, 0.25) is 0 Å². The van der Waals surface area contributed by atoms with E-state index in [1.807, 2.05) is 62.4 Å². The second-order valence-electron chi connectivity index (χ2n) is 5.97. The molecule has 4 heteroatoms. The summed E-state index contributed by atoms with van der Waals surface area (Å²) in [4.78, 5) is 12.4. The summed E-state index contributed by atoms with van der Waals surface area (Å²) in [5.41, 5.74) is 2.64. The molecule has 3 aromatic rings. The molecule has 0 radical (unpaired) electrons. The highest BCUT2D eigenvalue weighted by molar-refractivity contribution is 5.82. The molecule has 2 aromatic carbocycles. The summed E-state index contributed by atoms with van der Waals surface area (Å²) >= 11 is 0. The molecule has 0 saturated heterocycles. The third-order valence-corrected chi connectivity index (χ3v) is 3.85. The number of hydrogen-bond donors (Lipinski definition) is 0. The van der Waals surface area contributed by atoms with Crippen LogP contribution in [0.25, 0.3) is 22.1 Å². The van der Waals surface area contributed by atoms with Gasteiger partial charge >= 0.3 is 5.63 Å². The van der Waals surface area contributed by atoms with Crippen LogP contribution in [0.2, 0.25) is 0 Å². The van der Waals surface area contributed by atoms with E-state index in [9.17, 15) is 4.79 Å². The van der Waals surface area contributed by atoms with Gasteiger partial charge in [0.25, 0.3) is 0 Å². The van der Waals surface area contributed by atoms with E-state index in [2.05, 4.69) is 0 Å². The molecule has 0 aliphatic rings. The first-order valence-electron chi connectivity index (χ1n) is 8.05. The van der Waals surface area contributed by atoms with Gasteiger partial charge in [0.05, 0.1) is 12.7 Å². The summed E-state index contributed by atoms with van der Waals surface area (Å²) in [6.45, 7) is 4.52. The molecule has 25 heavy (non-hydrogen) atoms. The molecule has 0 N–H and O–H groups in total. The predicted molar refractivity (Wildman–Crippen MR) is 99.4 cm³/mol. The second-order valence-corrected chi connectivity index (χ2v) is 5.97. The lowest BCUT2D eigenvalue weighted by Crippen LogP contribution is -2.03.